The summed E-state index contributed by atoms with van der Waals surface area (Å²) < 4.78 is 0. The molecule has 1 unspecified atom stereocenters. The van der Waals surface area contributed by atoms with Gasteiger partial charge in [0.2, 0.25) is 0 Å². The van der Waals surface area contributed by atoms with Gasteiger partial charge in [0, 0.05) is 17.8 Å². The van der Waals surface area contributed by atoms with Crippen LogP contribution in [0.15, 0.2) is 0 Å². The number of nitrogens with zero attached hydrogens (tertiary/aromatic N) is 1. The molecule has 1 atom stereocenters. The first-order valence-corrected chi connectivity index (χ1v) is 5.12. The molecule has 74 valence electrons. The highest BCUT2D eigenvalue weighted by Gasteiger charge is 2.08. The zero-order valence-corrected chi connectivity index (χ0v) is 9.22. The van der Waals surface area contributed by atoms with Crippen LogP contribution >= 0.6 is 12.6 Å². The molecule has 3 heteroatoms. The molecule has 0 aromatic heterocycles. The molecule has 0 aliphatic carbocycles. The van der Waals surface area contributed by atoms with Gasteiger partial charge in [0.25, 0.3) is 0 Å². The maximum atomic E-state index is 8.79. The number of hydrogen-bond acceptors (Lipinski definition) is 3. The van der Waals surface area contributed by atoms with Crippen molar-refractivity contribution in [2.24, 2.45) is 0 Å². The quantitative estimate of drug-likeness (QED) is 0.620. The van der Waals surface area contributed by atoms with E-state index in [4.69, 9.17) is 5.11 Å². The zero-order valence-electron chi connectivity index (χ0n) is 8.32. The molecule has 0 amide bonds. The molecule has 12 heavy (non-hydrogen) atoms. The first-order valence-electron chi connectivity index (χ1n) is 4.61. The topological polar surface area (TPSA) is 23.5 Å². The number of hydrogen-bond donors (Lipinski definition) is 2. The lowest BCUT2D eigenvalue weighted by atomic mass is 10.2. The second kappa shape index (κ2) is 6.75. The van der Waals surface area contributed by atoms with Gasteiger partial charge >= 0.3 is 0 Å². The van der Waals surface area contributed by atoms with Crippen LogP contribution in [0.1, 0.15) is 27.2 Å². The second-order valence-electron chi connectivity index (χ2n) is 3.49. The Hall–Kier alpha value is 0.270. The third-order valence-electron chi connectivity index (χ3n) is 1.95. The molecule has 0 saturated heterocycles. The van der Waals surface area contributed by atoms with Crippen molar-refractivity contribution in [1.82, 2.24) is 4.90 Å². The molecular formula is C9H21NOS. The summed E-state index contributed by atoms with van der Waals surface area (Å²) in [5.41, 5.74) is 0. The van der Waals surface area contributed by atoms with Crippen LogP contribution in [0.25, 0.3) is 0 Å². The van der Waals surface area contributed by atoms with E-state index in [2.05, 4.69) is 38.3 Å². The van der Waals surface area contributed by atoms with Gasteiger partial charge in [-0.1, -0.05) is 6.92 Å². The Morgan fingerprint density at radius 2 is 1.83 bits per heavy atom. The second-order valence-corrected chi connectivity index (χ2v) is 4.37. The first-order chi connectivity index (χ1) is 5.57. The molecule has 0 heterocycles. The zero-order chi connectivity index (χ0) is 9.56. The Kier molecular flexibility index (Phi) is 6.90. The van der Waals surface area contributed by atoms with E-state index in [-0.39, 0.29) is 6.61 Å². The van der Waals surface area contributed by atoms with Gasteiger partial charge in [0.15, 0.2) is 0 Å². The van der Waals surface area contributed by atoms with Crippen LogP contribution in [0, 0.1) is 0 Å². The highest BCUT2D eigenvalue weighted by Crippen LogP contribution is 2.04. The average Bonchev–Trinajstić information content (AvgIpc) is 1.96. The van der Waals surface area contributed by atoms with Crippen LogP contribution in [-0.2, 0) is 0 Å². The Labute approximate surface area is 81.4 Å². The molecule has 0 fully saturated rings. The highest BCUT2D eigenvalue weighted by molar-refractivity contribution is 7.80. The lowest BCUT2D eigenvalue weighted by molar-refractivity contribution is 0.164. The average molecular weight is 191 g/mol. The summed E-state index contributed by atoms with van der Waals surface area (Å²) in [7, 11) is 0. The lowest BCUT2D eigenvalue weighted by Crippen LogP contribution is -2.35. The molecule has 0 spiro atoms. The fourth-order valence-electron chi connectivity index (χ4n) is 1.11. The predicted molar refractivity (Wildman–Crippen MR) is 56.9 cm³/mol. The third kappa shape index (κ3) is 5.86. The van der Waals surface area contributed by atoms with Gasteiger partial charge < -0.3 is 5.11 Å². The van der Waals surface area contributed by atoms with Crippen LogP contribution in [-0.4, -0.2) is 41.0 Å². The molecule has 0 radical (unpaired) electrons. The fourth-order valence-corrected chi connectivity index (χ4v) is 1.22. The molecule has 0 rings (SSSR count). The van der Waals surface area contributed by atoms with E-state index in [1.807, 2.05) is 0 Å². The molecular weight excluding hydrogens is 170 g/mol. The van der Waals surface area contributed by atoms with Gasteiger partial charge in [-0.05, 0) is 26.8 Å². The fraction of sp³-hybridized carbons (Fsp3) is 1.00. The van der Waals surface area contributed by atoms with Crippen LogP contribution in [0.3, 0.4) is 0 Å². The summed E-state index contributed by atoms with van der Waals surface area (Å²) in [5, 5.41) is 9.24. The van der Waals surface area contributed by atoms with E-state index in [0.717, 1.165) is 19.5 Å². The minimum Gasteiger partial charge on any atom is -0.395 e. The van der Waals surface area contributed by atoms with Crippen LogP contribution in [0.2, 0.25) is 0 Å². The molecule has 2 nitrogen and oxygen atoms in total. The molecule has 0 aliphatic rings. The Morgan fingerprint density at radius 3 is 2.17 bits per heavy atom. The van der Waals surface area contributed by atoms with Gasteiger partial charge in [0.1, 0.15) is 0 Å². The monoisotopic (exact) mass is 191 g/mol. The van der Waals surface area contributed by atoms with E-state index in [0.29, 0.717) is 11.3 Å². The van der Waals surface area contributed by atoms with Crippen molar-refractivity contribution in [3.63, 3.8) is 0 Å². The minimum atomic E-state index is 0.249. The van der Waals surface area contributed by atoms with Gasteiger partial charge in [-0.25, -0.2) is 0 Å². The number of aliphatic hydroxyl groups is 1. The number of thiol groups is 1. The van der Waals surface area contributed by atoms with E-state index in [1.165, 1.54) is 0 Å². The minimum absolute atomic E-state index is 0.249. The molecule has 0 bridgehead atoms. The molecule has 0 aromatic carbocycles. The Morgan fingerprint density at radius 1 is 1.25 bits per heavy atom. The normalized spacial score (nSPS) is 14.2. The molecule has 0 saturated carbocycles. The lowest BCUT2D eigenvalue weighted by Gasteiger charge is -2.25. The van der Waals surface area contributed by atoms with E-state index >= 15 is 0 Å². The van der Waals surface area contributed by atoms with Gasteiger partial charge in [0.05, 0.1) is 6.61 Å². The number of aliphatic hydroxyl groups excluding tert-OH is 1. The SMILES string of the molecule is CC(S)CCN(CCO)C(C)C. The summed E-state index contributed by atoms with van der Waals surface area (Å²) in [6.07, 6.45) is 1.08. The largest absolute Gasteiger partial charge is 0.395 e. The van der Waals surface area contributed by atoms with Crippen LogP contribution in [0.4, 0.5) is 0 Å². The van der Waals surface area contributed by atoms with Crippen molar-refractivity contribution in [2.75, 3.05) is 19.7 Å². The van der Waals surface area contributed by atoms with Crippen LogP contribution < -0.4 is 0 Å². The van der Waals surface area contributed by atoms with E-state index in [9.17, 15) is 0 Å². The summed E-state index contributed by atoms with van der Waals surface area (Å²) in [6, 6.07) is 0.518. The van der Waals surface area contributed by atoms with Gasteiger partial charge in [-0.3, -0.25) is 4.90 Å². The summed E-state index contributed by atoms with van der Waals surface area (Å²) in [4.78, 5) is 2.27. The number of rotatable bonds is 6. The van der Waals surface area contributed by atoms with Crippen molar-refractivity contribution >= 4 is 12.6 Å². The molecule has 0 aromatic rings. The van der Waals surface area contributed by atoms with Crippen LogP contribution in [0.5, 0.6) is 0 Å². The first kappa shape index (κ1) is 12.3. The smallest absolute Gasteiger partial charge is 0.0558 e. The molecule has 0 aliphatic heterocycles. The highest BCUT2D eigenvalue weighted by atomic mass is 32.1. The van der Waals surface area contributed by atoms with Crippen molar-refractivity contribution < 1.29 is 5.11 Å². The summed E-state index contributed by atoms with van der Waals surface area (Å²) in [5.74, 6) is 0. The summed E-state index contributed by atoms with van der Waals surface area (Å²) in [6.45, 7) is 8.46. The van der Waals surface area contributed by atoms with Crippen molar-refractivity contribution in [2.45, 2.75) is 38.5 Å². The standard InChI is InChI=1S/C9H21NOS/c1-8(2)10(6-7-11)5-4-9(3)12/h8-9,11-12H,4-7H2,1-3H3. The van der Waals surface area contributed by atoms with Crippen molar-refractivity contribution in [3.05, 3.63) is 0 Å². The maximum absolute atomic E-state index is 8.79. The Balaban J connectivity index is 3.63. The van der Waals surface area contributed by atoms with E-state index in [1.54, 1.807) is 0 Å². The predicted octanol–water partition coefficient (Wildman–Crippen LogP) is 1.40. The van der Waals surface area contributed by atoms with Gasteiger partial charge in [-0.15, -0.1) is 0 Å². The maximum Gasteiger partial charge on any atom is 0.0558 e. The summed E-state index contributed by atoms with van der Waals surface area (Å²) >= 11 is 4.32. The van der Waals surface area contributed by atoms with Crippen molar-refractivity contribution in [1.29, 1.82) is 0 Å². The Bertz CT molecular complexity index is 107. The van der Waals surface area contributed by atoms with Gasteiger partial charge in [-0.2, -0.15) is 12.6 Å². The van der Waals surface area contributed by atoms with E-state index < -0.39 is 0 Å². The van der Waals surface area contributed by atoms with Crippen molar-refractivity contribution in [3.8, 4) is 0 Å². The molecule has 1 N–H and O–H groups in total. The third-order valence-corrected chi connectivity index (χ3v) is 2.21.